The maximum atomic E-state index is 10.9. The van der Waals surface area contributed by atoms with E-state index in [-0.39, 0.29) is 18.9 Å². The van der Waals surface area contributed by atoms with Crippen LogP contribution >= 0.6 is 0 Å². The van der Waals surface area contributed by atoms with Crippen molar-refractivity contribution in [3.05, 3.63) is 0 Å². The summed E-state index contributed by atoms with van der Waals surface area (Å²) in [5.74, 6) is -0.652. The summed E-state index contributed by atoms with van der Waals surface area (Å²) in [4.78, 5) is 21.0. The topological polar surface area (TPSA) is 66.4 Å². The number of carbonyl (C=O) groups excluding carboxylic acids is 1. The molecule has 0 aromatic heterocycles. The molecule has 0 atom stereocenters. The molecule has 0 radical (unpaired) electrons. The van der Waals surface area contributed by atoms with E-state index in [1.54, 1.807) is 0 Å². The molecule has 0 saturated heterocycles. The summed E-state index contributed by atoms with van der Waals surface area (Å²) in [5, 5.41) is 10.8. The molecule has 0 saturated carbocycles. The number of nitrogens with one attached hydrogen (secondary N) is 1. The van der Waals surface area contributed by atoms with Crippen LogP contribution in [0.2, 0.25) is 0 Å². The predicted molar refractivity (Wildman–Crippen MR) is 44.7 cm³/mol. The van der Waals surface area contributed by atoms with Crippen LogP contribution in [0.15, 0.2) is 0 Å². The highest BCUT2D eigenvalue weighted by Gasteiger charge is 2.04. The maximum absolute atomic E-state index is 10.9. The Kier molecular flexibility index (Phi) is 5.08. The number of hydrogen-bond acceptors (Lipinski definition) is 2. The molecule has 0 aromatic carbocycles. The van der Waals surface area contributed by atoms with Gasteiger partial charge in [0.2, 0.25) is 5.91 Å². The zero-order valence-corrected chi connectivity index (χ0v) is 7.46. The van der Waals surface area contributed by atoms with E-state index in [1.165, 1.54) is 0 Å². The number of carbonyl (C=O) groups is 2. The summed E-state index contributed by atoms with van der Waals surface area (Å²) < 4.78 is 0. The maximum Gasteiger partial charge on any atom is 0.305 e. The lowest BCUT2D eigenvalue weighted by Gasteiger charge is -2.04. The van der Waals surface area contributed by atoms with Gasteiger partial charge in [0.15, 0.2) is 0 Å². The number of aliphatic carboxylic acids is 1. The third-order valence-electron chi connectivity index (χ3n) is 1.25. The number of hydrogen-bond donors (Lipinski definition) is 2. The fourth-order valence-electron chi connectivity index (χ4n) is 0.752. The molecule has 0 heterocycles. The van der Waals surface area contributed by atoms with Gasteiger partial charge in [0.05, 0.1) is 6.42 Å². The average molecular weight is 173 g/mol. The number of carboxylic acids is 1. The van der Waals surface area contributed by atoms with Crippen LogP contribution in [0.3, 0.4) is 0 Å². The molecule has 1 amide bonds. The van der Waals surface area contributed by atoms with Crippen LogP contribution in [0, 0.1) is 5.92 Å². The first-order chi connectivity index (χ1) is 5.52. The van der Waals surface area contributed by atoms with Gasteiger partial charge in [-0.25, -0.2) is 0 Å². The molecule has 0 bridgehead atoms. The Labute approximate surface area is 72.0 Å². The molecule has 12 heavy (non-hydrogen) atoms. The van der Waals surface area contributed by atoms with Gasteiger partial charge in [-0.2, -0.15) is 0 Å². The van der Waals surface area contributed by atoms with E-state index in [2.05, 4.69) is 5.32 Å². The highest BCUT2D eigenvalue weighted by molar-refractivity contribution is 5.76. The van der Waals surface area contributed by atoms with Crippen molar-refractivity contribution in [2.75, 3.05) is 6.54 Å². The third kappa shape index (κ3) is 7.05. The van der Waals surface area contributed by atoms with Crippen LogP contribution < -0.4 is 5.32 Å². The van der Waals surface area contributed by atoms with Crippen LogP contribution in [0.1, 0.15) is 26.7 Å². The monoisotopic (exact) mass is 173 g/mol. The Morgan fingerprint density at radius 1 is 1.42 bits per heavy atom. The Bertz CT molecular complexity index is 166. The van der Waals surface area contributed by atoms with E-state index in [9.17, 15) is 9.59 Å². The minimum absolute atomic E-state index is 0.0101. The summed E-state index contributed by atoms with van der Waals surface area (Å²) in [5.41, 5.74) is 0. The summed E-state index contributed by atoms with van der Waals surface area (Å²) >= 11 is 0. The normalized spacial score (nSPS) is 9.92. The van der Waals surface area contributed by atoms with E-state index >= 15 is 0 Å². The standard InChI is InChI=1S/C8H15NO3/c1-6(2)5-7(10)9-4-3-8(11)12/h6H,3-5H2,1-2H3,(H,9,10)(H,11,12). The summed E-state index contributed by atoms with van der Waals surface area (Å²) in [7, 11) is 0. The van der Waals surface area contributed by atoms with Gasteiger partial charge in [-0.1, -0.05) is 13.8 Å². The van der Waals surface area contributed by atoms with Crippen molar-refractivity contribution in [1.82, 2.24) is 5.32 Å². The molecule has 4 nitrogen and oxygen atoms in total. The summed E-state index contributed by atoms with van der Waals surface area (Å²) in [6.45, 7) is 4.11. The molecule has 70 valence electrons. The van der Waals surface area contributed by atoms with Gasteiger partial charge in [0.1, 0.15) is 0 Å². The second-order valence-electron chi connectivity index (χ2n) is 3.09. The first-order valence-electron chi connectivity index (χ1n) is 4.01. The molecule has 0 unspecified atom stereocenters. The highest BCUT2D eigenvalue weighted by Crippen LogP contribution is 1.97. The fourth-order valence-corrected chi connectivity index (χ4v) is 0.752. The van der Waals surface area contributed by atoms with Crippen molar-refractivity contribution in [1.29, 1.82) is 0 Å². The van der Waals surface area contributed by atoms with Crippen molar-refractivity contribution in [2.24, 2.45) is 5.92 Å². The highest BCUT2D eigenvalue weighted by atomic mass is 16.4. The van der Waals surface area contributed by atoms with E-state index in [4.69, 9.17) is 5.11 Å². The van der Waals surface area contributed by atoms with Gasteiger partial charge >= 0.3 is 5.97 Å². The zero-order valence-electron chi connectivity index (χ0n) is 7.46. The van der Waals surface area contributed by atoms with Gasteiger partial charge in [-0.3, -0.25) is 9.59 Å². The van der Waals surface area contributed by atoms with Crippen molar-refractivity contribution in [3.8, 4) is 0 Å². The SMILES string of the molecule is CC(C)CC(=O)NCCC(=O)O. The van der Waals surface area contributed by atoms with E-state index < -0.39 is 5.97 Å². The molecule has 2 N–H and O–H groups in total. The van der Waals surface area contributed by atoms with Crippen LogP contribution in [0.4, 0.5) is 0 Å². The first kappa shape index (κ1) is 10.9. The Balaban J connectivity index is 3.38. The number of rotatable bonds is 5. The van der Waals surface area contributed by atoms with Crippen molar-refractivity contribution >= 4 is 11.9 Å². The molecule has 4 heteroatoms. The zero-order chi connectivity index (χ0) is 9.56. The Morgan fingerprint density at radius 2 is 2.00 bits per heavy atom. The molecule has 0 rings (SSSR count). The van der Waals surface area contributed by atoms with Crippen LogP contribution in [0.25, 0.3) is 0 Å². The second kappa shape index (κ2) is 5.57. The summed E-state index contributed by atoms with van der Waals surface area (Å²) in [6, 6.07) is 0. The smallest absolute Gasteiger partial charge is 0.305 e. The Hall–Kier alpha value is -1.06. The van der Waals surface area contributed by atoms with Crippen LogP contribution in [-0.2, 0) is 9.59 Å². The Morgan fingerprint density at radius 3 is 2.42 bits per heavy atom. The first-order valence-corrected chi connectivity index (χ1v) is 4.01. The van der Waals surface area contributed by atoms with Gasteiger partial charge < -0.3 is 10.4 Å². The molecule has 0 fully saturated rings. The van der Waals surface area contributed by atoms with Gasteiger partial charge in [-0.05, 0) is 5.92 Å². The van der Waals surface area contributed by atoms with Crippen LogP contribution in [-0.4, -0.2) is 23.5 Å². The van der Waals surface area contributed by atoms with E-state index in [0.29, 0.717) is 12.3 Å². The minimum atomic E-state index is -0.889. The molecular formula is C8H15NO3. The van der Waals surface area contributed by atoms with Gasteiger partial charge in [-0.15, -0.1) is 0 Å². The minimum Gasteiger partial charge on any atom is -0.481 e. The van der Waals surface area contributed by atoms with Crippen molar-refractivity contribution in [2.45, 2.75) is 26.7 Å². The summed E-state index contributed by atoms with van der Waals surface area (Å²) in [6.07, 6.45) is 0.448. The van der Waals surface area contributed by atoms with E-state index in [0.717, 1.165) is 0 Å². The fraction of sp³-hybridized carbons (Fsp3) is 0.750. The molecule has 0 spiro atoms. The second-order valence-corrected chi connectivity index (χ2v) is 3.09. The lowest BCUT2D eigenvalue weighted by Crippen LogP contribution is -2.26. The molecule has 0 aliphatic carbocycles. The molecule has 0 aliphatic heterocycles. The van der Waals surface area contributed by atoms with E-state index in [1.807, 2.05) is 13.8 Å². The van der Waals surface area contributed by atoms with Crippen molar-refractivity contribution in [3.63, 3.8) is 0 Å². The number of amides is 1. The van der Waals surface area contributed by atoms with Crippen LogP contribution in [0.5, 0.6) is 0 Å². The van der Waals surface area contributed by atoms with Gasteiger partial charge in [0, 0.05) is 13.0 Å². The molecule has 0 aromatic rings. The quantitative estimate of drug-likeness (QED) is 0.640. The largest absolute Gasteiger partial charge is 0.481 e. The third-order valence-corrected chi connectivity index (χ3v) is 1.25. The predicted octanol–water partition coefficient (Wildman–Crippen LogP) is 0.623. The van der Waals surface area contributed by atoms with Crippen molar-refractivity contribution < 1.29 is 14.7 Å². The lowest BCUT2D eigenvalue weighted by molar-refractivity contribution is -0.136. The molecular weight excluding hydrogens is 158 g/mol. The average Bonchev–Trinajstić information content (AvgIpc) is 1.84. The van der Waals surface area contributed by atoms with Gasteiger partial charge in [0.25, 0.3) is 0 Å². The lowest BCUT2D eigenvalue weighted by atomic mass is 10.1. The number of carboxylic acid groups (broad SMARTS) is 1. The molecule has 0 aliphatic rings.